The molecule has 1 N–H and O–H groups in total. The maximum absolute atomic E-state index is 12.5. The summed E-state index contributed by atoms with van der Waals surface area (Å²) >= 11 is 0. The first-order chi connectivity index (χ1) is 17.3. The SMILES string of the molecule is CCCCc1cc(OC2CCN(CC3CCC(C(=O)NCC(C)(C)C)CC3)CC2)c2ncccc2c1. The lowest BCUT2D eigenvalue weighted by atomic mass is 9.81. The highest BCUT2D eigenvalue weighted by Crippen LogP contribution is 2.32. The molecule has 1 aliphatic heterocycles. The fourth-order valence-electron chi connectivity index (χ4n) is 5.69. The minimum absolute atomic E-state index is 0.143. The molecule has 1 amide bonds. The van der Waals surface area contributed by atoms with E-state index in [0.717, 1.165) is 68.9 Å². The zero-order valence-electron chi connectivity index (χ0n) is 23.0. The summed E-state index contributed by atoms with van der Waals surface area (Å²) in [6.45, 7) is 12.9. The van der Waals surface area contributed by atoms with Crippen molar-refractivity contribution in [2.45, 2.75) is 91.6 Å². The van der Waals surface area contributed by atoms with Gasteiger partial charge in [0.2, 0.25) is 5.91 Å². The number of pyridine rings is 1. The fourth-order valence-corrected chi connectivity index (χ4v) is 5.69. The molecule has 0 atom stereocenters. The first kappa shape index (κ1) is 26.9. The molecule has 198 valence electrons. The van der Waals surface area contributed by atoms with E-state index in [9.17, 15) is 4.79 Å². The second-order valence-electron chi connectivity index (χ2n) is 12.4. The molecule has 1 aromatic heterocycles. The van der Waals surface area contributed by atoms with Gasteiger partial charge in [-0.05, 0) is 86.5 Å². The minimum atomic E-state index is 0.143. The van der Waals surface area contributed by atoms with Crippen LogP contribution in [0, 0.1) is 17.3 Å². The van der Waals surface area contributed by atoms with Crippen molar-refractivity contribution in [2.24, 2.45) is 17.3 Å². The number of fused-ring (bicyclic) bond motifs is 1. The zero-order chi connectivity index (χ0) is 25.5. The molecule has 1 saturated carbocycles. The number of rotatable bonds is 9. The Bertz CT molecular complexity index is 983. The number of hydrogen-bond donors (Lipinski definition) is 1. The second-order valence-corrected chi connectivity index (χ2v) is 12.4. The first-order valence-electron chi connectivity index (χ1n) is 14.3. The molecule has 1 aliphatic carbocycles. The van der Waals surface area contributed by atoms with Crippen LogP contribution in [0.5, 0.6) is 5.75 Å². The van der Waals surface area contributed by atoms with Crippen LogP contribution < -0.4 is 10.1 Å². The number of nitrogens with zero attached hydrogens (tertiary/aromatic N) is 2. The van der Waals surface area contributed by atoms with E-state index in [1.807, 2.05) is 12.3 Å². The number of benzene rings is 1. The Balaban J connectivity index is 1.23. The smallest absolute Gasteiger partial charge is 0.223 e. The van der Waals surface area contributed by atoms with Gasteiger partial charge in [0.1, 0.15) is 17.4 Å². The highest BCUT2D eigenvalue weighted by atomic mass is 16.5. The van der Waals surface area contributed by atoms with Gasteiger partial charge in [0.05, 0.1) is 0 Å². The third-order valence-electron chi connectivity index (χ3n) is 7.90. The molecule has 0 unspecified atom stereocenters. The van der Waals surface area contributed by atoms with Gasteiger partial charge in [-0.15, -0.1) is 0 Å². The van der Waals surface area contributed by atoms with E-state index in [2.05, 4.69) is 61.1 Å². The van der Waals surface area contributed by atoms with Gasteiger partial charge in [-0.3, -0.25) is 9.78 Å². The number of amides is 1. The third kappa shape index (κ3) is 7.68. The van der Waals surface area contributed by atoms with Crippen molar-refractivity contribution < 1.29 is 9.53 Å². The second kappa shape index (κ2) is 12.4. The quantitative estimate of drug-likeness (QED) is 0.440. The highest BCUT2D eigenvalue weighted by Gasteiger charge is 2.29. The number of aromatic nitrogens is 1. The third-order valence-corrected chi connectivity index (χ3v) is 7.90. The molecule has 2 heterocycles. The Morgan fingerprint density at radius 1 is 1.11 bits per heavy atom. The number of nitrogens with one attached hydrogen (secondary N) is 1. The van der Waals surface area contributed by atoms with Crippen molar-refractivity contribution in [1.82, 2.24) is 15.2 Å². The summed E-state index contributed by atoms with van der Waals surface area (Å²) in [7, 11) is 0. The molecule has 1 saturated heterocycles. The standard InChI is InChI=1S/C31H47N3O2/c1-5-6-8-24-19-26-9-7-16-32-29(26)28(20-24)36-27-14-17-34(18-15-27)21-23-10-12-25(13-11-23)30(35)33-22-31(2,3)4/h7,9,16,19-20,23,25,27H,5-6,8,10-15,17-18,21-22H2,1-4H3,(H,33,35). The summed E-state index contributed by atoms with van der Waals surface area (Å²) in [4.78, 5) is 19.8. The maximum atomic E-state index is 12.5. The summed E-state index contributed by atoms with van der Waals surface area (Å²) in [6, 6.07) is 8.67. The average Bonchev–Trinajstić information content (AvgIpc) is 2.87. The summed E-state index contributed by atoms with van der Waals surface area (Å²) in [5.41, 5.74) is 2.49. The molecule has 2 fully saturated rings. The molecular formula is C31H47N3O2. The van der Waals surface area contributed by atoms with Crippen molar-refractivity contribution in [3.63, 3.8) is 0 Å². The van der Waals surface area contributed by atoms with Crippen molar-refractivity contribution in [1.29, 1.82) is 0 Å². The van der Waals surface area contributed by atoms with Gasteiger partial charge in [-0.25, -0.2) is 0 Å². The number of aryl methyl sites for hydroxylation is 1. The molecule has 5 heteroatoms. The molecule has 0 radical (unpaired) electrons. The number of carbonyl (C=O) groups excluding carboxylic acids is 1. The van der Waals surface area contributed by atoms with Gasteiger partial charge >= 0.3 is 0 Å². The fraction of sp³-hybridized carbons (Fsp3) is 0.677. The van der Waals surface area contributed by atoms with E-state index in [4.69, 9.17) is 4.74 Å². The van der Waals surface area contributed by atoms with Gasteiger partial charge in [0, 0.05) is 43.7 Å². The van der Waals surface area contributed by atoms with Crippen LogP contribution in [0.1, 0.15) is 84.6 Å². The first-order valence-corrected chi connectivity index (χ1v) is 14.3. The van der Waals surface area contributed by atoms with Crippen molar-refractivity contribution in [2.75, 3.05) is 26.2 Å². The molecule has 2 aromatic rings. The molecule has 0 bridgehead atoms. The lowest BCUT2D eigenvalue weighted by Gasteiger charge is -2.36. The Hall–Kier alpha value is -2.14. The van der Waals surface area contributed by atoms with Crippen LogP contribution in [0.3, 0.4) is 0 Å². The lowest BCUT2D eigenvalue weighted by molar-refractivity contribution is -0.126. The number of piperidine rings is 1. The summed E-state index contributed by atoms with van der Waals surface area (Å²) in [6.07, 6.45) is 12.2. The van der Waals surface area contributed by atoms with E-state index in [1.54, 1.807) is 0 Å². The van der Waals surface area contributed by atoms with Crippen molar-refractivity contribution in [3.8, 4) is 5.75 Å². The summed E-state index contributed by atoms with van der Waals surface area (Å²) in [5, 5.41) is 4.35. The van der Waals surface area contributed by atoms with Crippen LogP contribution in [0.15, 0.2) is 30.5 Å². The molecule has 36 heavy (non-hydrogen) atoms. The van der Waals surface area contributed by atoms with Crippen molar-refractivity contribution >= 4 is 16.8 Å². The van der Waals surface area contributed by atoms with Crippen LogP contribution in [-0.2, 0) is 11.2 Å². The summed E-state index contributed by atoms with van der Waals surface area (Å²) in [5.74, 6) is 2.15. The molecule has 4 rings (SSSR count). The van der Waals surface area contributed by atoms with E-state index >= 15 is 0 Å². The van der Waals surface area contributed by atoms with Gasteiger partial charge < -0.3 is 15.0 Å². The number of hydrogen-bond acceptors (Lipinski definition) is 4. The largest absolute Gasteiger partial charge is 0.488 e. The van der Waals surface area contributed by atoms with Crippen LogP contribution in [0.4, 0.5) is 0 Å². The molecule has 0 spiro atoms. The normalized spacial score (nSPS) is 22.0. The molecular weight excluding hydrogens is 446 g/mol. The number of carbonyl (C=O) groups is 1. The Labute approximate surface area is 218 Å². The molecule has 1 aromatic carbocycles. The predicted molar refractivity (Wildman–Crippen MR) is 148 cm³/mol. The van der Waals surface area contributed by atoms with Crippen LogP contribution >= 0.6 is 0 Å². The van der Waals surface area contributed by atoms with Gasteiger partial charge in [0.25, 0.3) is 0 Å². The van der Waals surface area contributed by atoms with Crippen LogP contribution in [0.25, 0.3) is 10.9 Å². The van der Waals surface area contributed by atoms with E-state index in [-0.39, 0.29) is 23.3 Å². The van der Waals surface area contributed by atoms with E-state index < -0.39 is 0 Å². The Morgan fingerprint density at radius 3 is 2.56 bits per heavy atom. The molecule has 2 aliphatic rings. The van der Waals surface area contributed by atoms with E-state index in [0.29, 0.717) is 0 Å². The summed E-state index contributed by atoms with van der Waals surface area (Å²) < 4.78 is 6.58. The minimum Gasteiger partial charge on any atom is -0.488 e. The predicted octanol–water partition coefficient (Wildman–Crippen LogP) is 6.39. The number of likely N-dealkylation sites (tertiary alicyclic amines) is 1. The van der Waals surface area contributed by atoms with Gasteiger partial charge in [-0.2, -0.15) is 0 Å². The van der Waals surface area contributed by atoms with Crippen molar-refractivity contribution in [3.05, 3.63) is 36.0 Å². The zero-order valence-corrected chi connectivity index (χ0v) is 23.0. The monoisotopic (exact) mass is 493 g/mol. The van der Waals surface area contributed by atoms with Crippen LogP contribution in [0.2, 0.25) is 0 Å². The lowest BCUT2D eigenvalue weighted by Crippen LogP contribution is -2.42. The number of unbranched alkanes of at least 4 members (excludes halogenated alkanes) is 1. The van der Waals surface area contributed by atoms with Gasteiger partial charge in [0.15, 0.2) is 0 Å². The maximum Gasteiger partial charge on any atom is 0.223 e. The van der Waals surface area contributed by atoms with E-state index in [1.165, 1.54) is 43.2 Å². The Kier molecular flexibility index (Phi) is 9.27. The molecule has 5 nitrogen and oxygen atoms in total. The highest BCUT2D eigenvalue weighted by molar-refractivity contribution is 5.85. The number of ether oxygens (including phenoxy) is 1. The van der Waals surface area contributed by atoms with Gasteiger partial charge in [-0.1, -0.05) is 40.2 Å². The van der Waals surface area contributed by atoms with Crippen LogP contribution in [-0.4, -0.2) is 48.1 Å². The average molecular weight is 494 g/mol. The Morgan fingerprint density at radius 2 is 1.86 bits per heavy atom. The topological polar surface area (TPSA) is 54.5 Å².